The maximum atomic E-state index is 13.1. The van der Waals surface area contributed by atoms with Crippen molar-refractivity contribution < 1.29 is 14.3 Å². The Hall–Kier alpha value is -1.14. The number of likely N-dealkylation sites (tertiary alicyclic amines) is 1. The second kappa shape index (κ2) is 7.83. The lowest BCUT2D eigenvalue weighted by molar-refractivity contribution is -0.149. The number of amides is 2. The molecule has 0 bridgehead atoms. The molecule has 2 saturated heterocycles. The highest BCUT2D eigenvalue weighted by molar-refractivity contribution is 5.83. The van der Waals surface area contributed by atoms with Crippen molar-refractivity contribution in [3.05, 3.63) is 0 Å². The van der Waals surface area contributed by atoms with E-state index in [4.69, 9.17) is 10.5 Å². The Morgan fingerprint density at radius 3 is 2.54 bits per heavy atom. The number of nitrogens with zero attached hydrogens (tertiary/aromatic N) is 1. The van der Waals surface area contributed by atoms with E-state index < -0.39 is 5.41 Å². The highest BCUT2D eigenvalue weighted by Crippen LogP contribution is 2.33. The summed E-state index contributed by atoms with van der Waals surface area (Å²) in [5.74, 6) is 0.567. The minimum atomic E-state index is -0.450. The van der Waals surface area contributed by atoms with Gasteiger partial charge in [-0.1, -0.05) is 20.8 Å². The molecule has 6 heteroatoms. The summed E-state index contributed by atoms with van der Waals surface area (Å²) in [4.78, 5) is 27.1. The first kappa shape index (κ1) is 19.2. The molecule has 0 aliphatic carbocycles. The molecule has 0 radical (unpaired) electrons. The number of piperidine rings is 1. The lowest BCUT2D eigenvalue weighted by atomic mass is 9.78. The van der Waals surface area contributed by atoms with Gasteiger partial charge in [0.05, 0.1) is 5.41 Å². The van der Waals surface area contributed by atoms with E-state index in [1.165, 1.54) is 0 Å². The van der Waals surface area contributed by atoms with E-state index in [1.54, 1.807) is 0 Å². The molecule has 1 atom stereocenters. The molecule has 2 fully saturated rings. The van der Waals surface area contributed by atoms with Gasteiger partial charge >= 0.3 is 0 Å². The highest BCUT2D eigenvalue weighted by Gasteiger charge is 2.42. The standard InChI is InChI=1S/C18H33N3O3/c1-17(2,3)15(22)20-11-14-5-4-8-21(12-14)16(23)18(13-19)6-9-24-10-7-18/h14H,4-13,19H2,1-3H3,(H,20,22). The van der Waals surface area contributed by atoms with Crippen LogP contribution in [-0.4, -0.2) is 56.1 Å². The average molecular weight is 339 g/mol. The van der Waals surface area contributed by atoms with Gasteiger partial charge in [0.25, 0.3) is 0 Å². The number of carbonyl (C=O) groups is 2. The third kappa shape index (κ3) is 4.48. The molecule has 2 amide bonds. The number of hydrogen-bond donors (Lipinski definition) is 2. The van der Waals surface area contributed by atoms with Crippen LogP contribution in [0.4, 0.5) is 0 Å². The Morgan fingerprint density at radius 1 is 1.29 bits per heavy atom. The Morgan fingerprint density at radius 2 is 1.96 bits per heavy atom. The molecule has 138 valence electrons. The molecule has 2 aliphatic heterocycles. The normalized spacial score (nSPS) is 24.5. The summed E-state index contributed by atoms with van der Waals surface area (Å²) in [7, 11) is 0. The van der Waals surface area contributed by atoms with Crippen molar-refractivity contribution in [1.82, 2.24) is 10.2 Å². The summed E-state index contributed by atoms with van der Waals surface area (Å²) < 4.78 is 5.41. The van der Waals surface area contributed by atoms with Crippen molar-refractivity contribution in [3.8, 4) is 0 Å². The first-order valence-electron chi connectivity index (χ1n) is 9.14. The molecule has 0 spiro atoms. The predicted octanol–water partition coefficient (Wildman–Crippen LogP) is 1.14. The molecule has 2 aliphatic rings. The largest absolute Gasteiger partial charge is 0.381 e. The third-order valence-corrected chi connectivity index (χ3v) is 5.33. The van der Waals surface area contributed by atoms with Gasteiger partial charge < -0.3 is 20.7 Å². The molecule has 1 unspecified atom stereocenters. The number of nitrogens with two attached hydrogens (primary N) is 1. The maximum Gasteiger partial charge on any atom is 0.230 e. The van der Waals surface area contributed by atoms with E-state index in [0.717, 1.165) is 19.4 Å². The molecular formula is C18H33N3O3. The maximum absolute atomic E-state index is 13.1. The van der Waals surface area contributed by atoms with E-state index in [-0.39, 0.29) is 17.2 Å². The Bertz CT molecular complexity index is 453. The van der Waals surface area contributed by atoms with Gasteiger partial charge in [0.15, 0.2) is 0 Å². The monoisotopic (exact) mass is 339 g/mol. The molecule has 0 saturated carbocycles. The van der Waals surface area contributed by atoms with Crippen LogP contribution in [-0.2, 0) is 14.3 Å². The number of hydrogen-bond acceptors (Lipinski definition) is 4. The van der Waals surface area contributed by atoms with Crippen LogP contribution in [0.1, 0.15) is 46.5 Å². The summed E-state index contributed by atoms with van der Waals surface area (Å²) in [5.41, 5.74) is 5.14. The fourth-order valence-corrected chi connectivity index (χ4v) is 3.52. The van der Waals surface area contributed by atoms with Crippen molar-refractivity contribution >= 4 is 11.8 Å². The predicted molar refractivity (Wildman–Crippen MR) is 93.3 cm³/mol. The minimum absolute atomic E-state index is 0.0637. The van der Waals surface area contributed by atoms with E-state index >= 15 is 0 Å². The number of carbonyl (C=O) groups excluding carboxylic acids is 2. The molecule has 3 N–H and O–H groups in total. The zero-order chi connectivity index (χ0) is 17.8. The van der Waals surface area contributed by atoms with Gasteiger partial charge in [0.2, 0.25) is 11.8 Å². The molecule has 24 heavy (non-hydrogen) atoms. The number of nitrogens with one attached hydrogen (secondary N) is 1. The van der Waals surface area contributed by atoms with Crippen LogP contribution >= 0.6 is 0 Å². The van der Waals surface area contributed by atoms with Gasteiger partial charge in [-0.15, -0.1) is 0 Å². The molecule has 0 aromatic carbocycles. The zero-order valence-electron chi connectivity index (χ0n) is 15.4. The number of rotatable bonds is 4. The molecular weight excluding hydrogens is 306 g/mol. The lowest BCUT2D eigenvalue weighted by Crippen LogP contribution is -2.54. The highest BCUT2D eigenvalue weighted by atomic mass is 16.5. The van der Waals surface area contributed by atoms with Crippen molar-refractivity contribution in [3.63, 3.8) is 0 Å². The smallest absolute Gasteiger partial charge is 0.230 e. The van der Waals surface area contributed by atoms with Gasteiger partial charge in [0, 0.05) is 44.8 Å². The average Bonchev–Trinajstić information content (AvgIpc) is 2.59. The summed E-state index contributed by atoms with van der Waals surface area (Å²) in [6.07, 6.45) is 3.46. The first-order valence-corrected chi connectivity index (χ1v) is 9.14. The van der Waals surface area contributed by atoms with Gasteiger partial charge in [0.1, 0.15) is 0 Å². The fourth-order valence-electron chi connectivity index (χ4n) is 3.52. The van der Waals surface area contributed by atoms with Gasteiger partial charge in [-0.2, -0.15) is 0 Å². The van der Waals surface area contributed by atoms with Crippen LogP contribution < -0.4 is 11.1 Å². The number of ether oxygens (including phenoxy) is 1. The molecule has 0 aromatic rings. The van der Waals surface area contributed by atoms with E-state index in [0.29, 0.717) is 51.6 Å². The second-order valence-corrected chi connectivity index (χ2v) is 8.32. The Labute approximate surface area is 145 Å². The Kier molecular flexibility index (Phi) is 6.26. The summed E-state index contributed by atoms with van der Waals surface area (Å²) in [6.45, 7) is 9.50. The van der Waals surface area contributed by atoms with E-state index in [9.17, 15) is 9.59 Å². The van der Waals surface area contributed by atoms with Gasteiger partial charge in [-0.25, -0.2) is 0 Å². The van der Waals surface area contributed by atoms with Crippen LogP contribution in [0.5, 0.6) is 0 Å². The molecule has 2 heterocycles. The van der Waals surface area contributed by atoms with Crippen LogP contribution in [0.3, 0.4) is 0 Å². The van der Waals surface area contributed by atoms with Crippen LogP contribution in [0.25, 0.3) is 0 Å². The topological polar surface area (TPSA) is 84.7 Å². The molecule has 6 nitrogen and oxygen atoms in total. The lowest BCUT2D eigenvalue weighted by Gasteiger charge is -2.42. The van der Waals surface area contributed by atoms with Crippen molar-refractivity contribution in [2.24, 2.45) is 22.5 Å². The summed E-state index contributed by atoms with van der Waals surface area (Å²) in [6, 6.07) is 0. The van der Waals surface area contributed by atoms with E-state index in [2.05, 4.69) is 5.32 Å². The Balaban J connectivity index is 1.92. The first-order chi connectivity index (χ1) is 11.3. The quantitative estimate of drug-likeness (QED) is 0.804. The van der Waals surface area contributed by atoms with E-state index in [1.807, 2.05) is 25.7 Å². The van der Waals surface area contributed by atoms with Gasteiger partial charge in [-0.05, 0) is 31.6 Å². The summed E-state index contributed by atoms with van der Waals surface area (Å²) in [5, 5.41) is 3.03. The van der Waals surface area contributed by atoms with Gasteiger partial charge in [-0.3, -0.25) is 9.59 Å². The minimum Gasteiger partial charge on any atom is -0.381 e. The SMILES string of the molecule is CC(C)(C)C(=O)NCC1CCCN(C(=O)C2(CN)CCOCC2)C1. The third-order valence-electron chi connectivity index (χ3n) is 5.33. The summed E-state index contributed by atoms with van der Waals surface area (Å²) >= 11 is 0. The van der Waals surface area contributed by atoms with Crippen LogP contribution in [0, 0.1) is 16.7 Å². The van der Waals surface area contributed by atoms with Crippen molar-refractivity contribution in [2.75, 3.05) is 39.4 Å². The zero-order valence-corrected chi connectivity index (χ0v) is 15.4. The van der Waals surface area contributed by atoms with Crippen LogP contribution in [0.15, 0.2) is 0 Å². The van der Waals surface area contributed by atoms with Crippen molar-refractivity contribution in [2.45, 2.75) is 46.5 Å². The van der Waals surface area contributed by atoms with Crippen LogP contribution in [0.2, 0.25) is 0 Å². The molecule has 0 aromatic heterocycles. The fraction of sp³-hybridized carbons (Fsp3) is 0.889. The second-order valence-electron chi connectivity index (χ2n) is 8.32. The van der Waals surface area contributed by atoms with Crippen molar-refractivity contribution in [1.29, 1.82) is 0 Å². The molecule has 2 rings (SSSR count).